The Kier molecular flexibility index (Phi) is 7.82. The quantitative estimate of drug-likeness (QED) is 0.386. The summed E-state index contributed by atoms with van der Waals surface area (Å²) < 4.78 is 39.8. The van der Waals surface area contributed by atoms with Crippen molar-refractivity contribution in [3.05, 3.63) is 71.3 Å². The highest BCUT2D eigenvalue weighted by Gasteiger charge is 2.48. The van der Waals surface area contributed by atoms with Crippen LogP contribution in [0.4, 0.5) is 0 Å². The third-order valence-electron chi connectivity index (χ3n) is 7.15. The molecule has 1 heterocycles. The summed E-state index contributed by atoms with van der Waals surface area (Å²) in [4.78, 5) is 0.236. The van der Waals surface area contributed by atoms with E-state index >= 15 is 0 Å². The molecule has 1 aliphatic heterocycles. The maximum Gasteiger partial charge on any atom is 0.199 e. The smallest absolute Gasteiger partial charge is 0.199 e. The summed E-state index contributed by atoms with van der Waals surface area (Å²) in [5.74, 6) is 0. The van der Waals surface area contributed by atoms with Gasteiger partial charge in [0.1, 0.15) is 26.4 Å². The van der Waals surface area contributed by atoms with Gasteiger partial charge in [-0.3, -0.25) is 0 Å². The first-order chi connectivity index (χ1) is 15.7. The lowest BCUT2D eigenvalue weighted by Crippen LogP contribution is -2.47. The van der Waals surface area contributed by atoms with Gasteiger partial charge in [-0.15, -0.1) is 0 Å². The molecule has 0 aliphatic carbocycles. The van der Waals surface area contributed by atoms with Crippen molar-refractivity contribution in [3.8, 4) is 0 Å². The number of hydrogen-bond donors (Lipinski definition) is 1. The molecule has 2 unspecified atom stereocenters. The highest BCUT2D eigenvalue weighted by molar-refractivity contribution is 7.98. The highest BCUT2D eigenvalue weighted by Crippen LogP contribution is 2.38. The summed E-state index contributed by atoms with van der Waals surface area (Å²) in [6.45, 7) is 15.3. The van der Waals surface area contributed by atoms with Gasteiger partial charge in [0.25, 0.3) is 0 Å². The molecule has 5 nitrogen and oxygen atoms in total. The van der Waals surface area contributed by atoms with Gasteiger partial charge in [-0.2, -0.15) is 0 Å². The van der Waals surface area contributed by atoms with Crippen LogP contribution >= 0.6 is 0 Å². The molecule has 1 aliphatic rings. The van der Waals surface area contributed by atoms with Gasteiger partial charge < -0.3 is 14.3 Å². The minimum Gasteiger partial charge on any atom is -0.414 e. The molecule has 34 heavy (non-hydrogen) atoms. The van der Waals surface area contributed by atoms with Crippen molar-refractivity contribution in [2.45, 2.75) is 75.2 Å². The molecule has 8 heteroatoms. The number of rotatable bonds is 9. The predicted octanol–water partition coefficient (Wildman–Crippen LogP) is 4.65. The predicted molar refractivity (Wildman–Crippen MR) is 143 cm³/mol. The molecule has 2 aromatic rings. The van der Waals surface area contributed by atoms with Gasteiger partial charge >= 0.3 is 0 Å². The largest absolute Gasteiger partial charge is 0.414 e. The van der Waals surface area contributed by atoms with Crippen LogP contribution in [0.5, 0.6) is 0 Å². The maximum atomic E-state index is 13.8. The second-order valence-electron chi connectivity index (χ2n) is 11.0. The molecule has 1 saturated heterocycles. The van der Waals surface area contributed by atoms with Gasteiger partial charge in [0.15, 0.2) is 18.2 Å². The summed E-state index contributed by atoms with van der Waals surface area (Å²) in [6.07, 6.45) is -0.204. The molecule has 0 aromatic heterocycles. The van der Waals surface area contributed by atoms with Crippen LogP contribution in [-0.4, -0.2) is 54.8 Å². The summed E-state index contributed by atoms with van der Waals surface area (Å²) in [5, 5.41) is 12.1. The molecule has 0 amide bonds. The molecular formula is C26H38O5SSi2. The van der Waals surface area contributed by atoms with Crippen LogP contribution in [0, 0.1) is 0 Å². The number of ether oxygens (including phenoxy) is 1. The van der Waals surface area contributed by atoms with E-state index in [4.69, 9.17) is 9.16 Å². The van der Waals surface area contributed by atoms with E-state index in [9.17, 15) is 13.5 Å². The van der Waals surface area contributed by atoms with Crippen molar-refractivity contribution in [2.24, 2.45) is 0 Å². The van der Waals surface area contributed by atoms with Crippen molar-refractivity contribution in [3.63, 3.8) is 0 Å². The summed E-state index contributed by atoms with van der Waals surface area (Å²) in [5.41, 5.74) is 0. The molecule has 3 rings (SSSR count). The zero-order chi connectivity index (χ0) is 25.4. The van der Waals surface area contributed by atoms with E-state index in [1.165, 1.54) is 6.08 Å². The van der Waals surface area contributed by atoms with Crippen LogP contribution in [-0.2, 0) is 19.0 Å². The van der Waals surface area contributed by atoms with Crippen molar-refractivity contribution in [2.75, 3.05) is 6.61 Å². The van der Waals surface area contributed by atoms with Crippen molar-refractivity contribution in [1.82, 2.24) is 0 Å². The van der Waals surface area contributed by atoms with E-state index in [1.54, 1.807) is 30.3 Å². The molecule has 0 radical (unpaired) electrons. The zero-order valence-corrected chi connectivity index (χ0v) is 24.1. The first-order valence-electron chi connectivity index (χ1n) is 11.7. The standard InChI is InChI=1S/C26H38O5SSi2/c1-26(2,3)34(6,7)30-19-23-25(31-23)22(27)18-24(32(28,29)20-14-10-8-11-15-20)33(4,5)21-16-12-9-13-17-21/h8-18,22-23,25,27H,19H2,1-7H3/b24-18+/t22-,23?,25?/m1/s1. The molecule has 1 N–H and O–H groups in total. The number of epoxide rings is 1. The number of benzene rings is 2. The molecule has 1 fully saturated rings. The van der Waals surface area contributed by atoms with E-state index in [0.717, 1.165) is 5.19 Å². The normalized spacial score (nSPS) is 20.8. The maximum absolute atomic E-state index is 13.8. The average Bonchev–Trinajstić information content (AvgIpc) is 3.56. The van der Waals surface area contributed by atoms with Crippen LogP contribution < -0.4 is 5.19 Å². The molecule has 0 saturated carbocycles. The van der Waals surface area contributed by atoms with Gasteiger partial charge in [-0.05, 0) is 36.3 Å². The Labute approximate surface area is 206 Å². The monoisotopic (exact) mass is 518 g/mol. The van der Waals surface area contributed by atoms with Crippen LogP contribution in [0.1, 0.15) is 20.8 Å². The third-order valence-corrected chi connectivity index (χ3v) is 18.8. The Hall–Kier alpha value is -1.56. The lowest BCUT2D eigenvalue weighted by Gasteiger charge is -2.36. The van der Waals surface area contributed by atoms with E-state index in [2.05, 4.69) is 33.9 Å². The highest BCUT2D eigenvalue weighted by atomic mass is 32.2. The van der Waals surface area contributed by atoms with Crippen LogP contribution in [0.3, 0.4) is 0 Å². The second-order valence-corrected chi connectivity index (χ2v) is 22.5. The Balaban J connectivity index is 1.90. The number of sulfone groups is 1. The molecule has 3 atom stereocenters. The Bertz CT molecular complexity index is 1110. The van der Waals surface area contributed by atoms with Crippen molar-refractivity contribution >= 4 is 31.4 Å². The second kappa shape index (κ2) is 9.83. The Morgan fingerprint density at radius 1 is 1.03 bits per heavy atom. The molecule has 0 bridgehead atoms. The van der Waals surface area contributed by atoms with Crippen LogP contribution in [0.2, 0.25) is 31.2 Å². The third kappa shape index (κ3) is 5.80. The average molecular weight is 519 g/mol. The molecular weight excluding hydrogens is 481 g/mol. The molecule has 0 spiro atoms. The van der Waals surface area contributed by atoms with Crippen LogP contribution in [0.25, 0.3) is 0 Å². The van der Waals surface area contributed by atoms with E-state index in [-0.39, 0.29) is 16.0 Å². The van der Waals surface area contributed by atoms with Gasteiger partial charge in [0, 0.05) is 4.53 Å². The van der Waals surface area contributed by atoms with Gasteiger partial charge in [0.05, 0.1) is 11.5 Å². The van der Waals surface area contributed by atoms with Gasteiger partial charge in [0.2, 0.25) is 0 Å². The van der Waals surface area contributed by atoms with E-state index in [1.807, 2.05) is 43.4 Å². The fourth-order valence-corrected chi connectivity index (χ4v) is 11.1. The minimum atomic E-state index is -3.80. The lowest BCUT2D eigenvalue weighted by molar-refractivity contribution is 0.176. The first-order valence-corrected chi connectivity index (χ1v) is 19.1. The summed E-state index contributed by atoms with van der Waals surface area (Å²) >= 11 is 0. The van der Waals surface area contributed by atoms with E-state index < -0.39 is 38.4 Å². The SMILES string of the molecule is CC(C)(C)[Si](C)(C)OCC1OC1[C@H](O)/C=C(/[Si](C)(C)c1ccccc1)S(=O)(=O)c1ccccc1. The fourth-order valence-electron chi connectivity index (χ4n) is 3.71. The Morgan fingerprint density at radius 3 is 2.09 bits per heavy atom. The van der Waals surface area contributed by atoms with Crippen LogP contribution in [0.15, 0.2) is 76.2 Å². The Morgan fingerprint density at radius 2 is 1.56 bits per heavy atom. The minimum absolute atomic E-state index is 0.0815. The topological polar surface area (TPSA) is 76.1 Å². The lowest BCUT2D eigenvalue weighted by atomic mass is 10.2. The fraction of sp³-hybridized carbons (Fsp3) is 0.462. The van der Waals surface area contributed by atoms with Crippen molar-refractivity contribution in [1.29, 1.82) is 0 Å². The summed E-state index contributed by atoms with van der Waals surface area (Å²) in [6, 6.07) is 18.1. The van der Waals surface area contributed by atoms with Gasteiger partial charge in [-0.1, -0.05) is 87.6 Å². The molecule has 186 valence electrons. The molecule has 2 aromatic carbocycles. The number of aliphatic hydroxyl groups is 1. The number of aliphatic hydroxyl groups excluding tert-OH is 1. The van der Waals surface area contributed by atoms with Gasteiger partial charge in [-0.25, -0.2) is 8.42 Å². The zero-order valence-electron chi connectivity index (χ0n) is 21.3. The number of hydrogen-bond acceptors (Lipinski definition) is 5. The van der Waals surface area contributed by atoms with Crippen molar-refractivity contribution < 1.29 is 22.7 Å². The van der Waals surface area contributed by atoms with E-state index in [0.29, 0.717) is 11.1 Å². The summed E-state index contributed by atoms with van der Waals surface area (Å²) in [7, 11) is -8.41. The first kappa shape index (κ1) is 27.0.